The molecule has 0 aliphatic carbocycles. The largest absolute Gasteiger partial charge is 0.497 e. The number of aliphatic hydroxyl groups is 12. The van der Waals surface area contributed by atoms with E-state index in [1.807, 2.05) is 0 Å². The minimum Gasteiger partial charge on any atom is -0.497 e. The Morgan fingerprint density at radius 3 is 1.94 bits per heavy atom. The molecule has 25 heteroatoms. The molecule has 14 N–H and O–H groups in total. The third-order valence-corrected chi connectivity index (χ3v) is 11.3. The van der Waals surface area contributed by atoms with Crippen LogP contribution in [-0.4, -0.2) is 234 Å². The van der Waals surface area contributed by atoms with E-state index in [9.17, 15) is 76.0 Å². The molecule has 0 radical (unpaired) electrons. The Labute approximate surface area is 353 Å². The Morgan fingerprint density at radius 2 is 1.35 bits per heavy atom. The van der Waals surface area contributed by atoms with Crippen LogP contribution in [0.4, 0.5) is 0 Å². The lowest BCUT2D eigenvalue weighted by atomic mass is 9.84. The van der Waals surface area contributed by atoms with Crippen molar-refractivity contribution in [3.63, 3.8) is 0 Å². The average molecular weight is 900 g/mol. The predicted molar refractivity (Wildman–Crippen MR) is 197 cm³/mol. The van der Waals surface area contributed by atoms with Gasteiger partial charge in [-0.15, -0.1) is 0 Å². The minimum absolute atomic E-state index is 0.161. The molecule has 5 rings (SSSR count). The molecule has 1 aromatic rings. The third kappa shape index (κ3) is 10.7. The van der Waals surface area contributed by atoms with Crippen molar-refractivity contribution in [3.05, 3.63) is 24.3 Å². The zero-order valence-electron chi connectivity index (χ0n) is 33.7. The van der Waals surface area contributed by atoms with Crippen molar-refractivity contribution in [1.29, 1.82) is 0 Å². The molecule has 25 nitrogen and oxygen atoms in total. The van der Waals surface area contributed by atoms with Gasteiger partial charge in [0.2, 0.25) is 12.2 Å². The number of aliphatic hydroxyl groups excluding tert-OH is 12. The summed E-state index contributed by atoms with van der Waals surface area (Å²) in [5.74, 6) is -5.69. The summed E-state index contributed by atoms with van der Waals surface area (Å²) >= 11 is 0. The quantitative estimate of drug-likeness (QED) is 0.0691. The normalized spacial score (nSPS) is 42.4. The van der Waals surface area contributed by atoms with Crippen molar-refractivity contribution in [3.8, 4) is 11.5 Å². The van der Waals surface area contributed by atoms with Crippen molar-refractivity contribution < 1.29 is 119 Å². The smallest absolute Gasteiger partial charge is 0.364 e. The molecule has 4 fully saturated rings. The molecule has 1 aromatic carbocycles. The average Bonchev–Trinajstić information content (AvgIpc) is 3.25. The van der Waals surface area contributed by atoms with E-state index in [-0.39, 0.29) is 5.75 Å². The van der Waals surface area contributed by atoms with Crippen LogP contribution in [0.5, 0.6) is 11.5 Å². The van der Waals surface area contributed by atoms with E-state index in [0.717, 1.165) is 6.92 Å². The molecule has 1 amide bonds. The standard InChI is InChI=1S/C37H57NO24/c1-13-17(43)8-37(36(52)53,62-30(13)23(45)18(44)9-39)55-12-21-25(47)27(49)29(51)34(59-21)60-31-20(11-41)58-33(22(26(31)48)38-14(2)42)61-32-28(50)24(46)19(10-40)57-35(32)56-16-6-4-15(54-3)5-7-16/h4-7,13,17-35,39-41,43-51H,8-12H2,1-3H3,(H,38,42)(H,52,53)/t13-,17-,18-,19?,20?,21?,22?,23-,24-,25+,26-,27+,28+,29?,30?,31-,32?,33+,34+,35+,37-/m1/s1. The molecule has 4 saturated heterocycles. The number of rotatable bonds is 17. The summed E-state index contributed by atoms with van der Waals surface area (Å²) in [6.07, 6.45) is -32.9. The maximum absolute atomic E-state index is 12.6. The topological polar surface area (TPSA) is 392 Å². The second-order valence-electron chi connectivity index (χ2n) is 15.5. The molecular formula is C37H57NO24. The molecule has 4 aliphatic rings. The van der Waals surface area contributed by atoms with Crippen LogP contribution in [0.3, 0.4) is 0 Å². The van der Waals surface area contributed by atoms with Gasteiger partial charge in [0.15, 0.2) is 18.7 Å². The van der Waals surface area contributed by atoms with Gasteiger partial charge in [0.1, 0.15) is 90.8 Å². The van der Waals surface area contributed by atoms with Gasteiger partial charge in [-0.1, -0.05) is 6.92 Å². The lowest BCUT2D eigenvalue weighted by Gasteiger charge is -2.49. The number of ether oxygens (including phenoxy) is 9. The number of benzene rings is 1. The number of carbonyl (C=O) groups excluding carboxylic acids is 1. The van der Waals surface area contributed by atoms with E-state index in [4.69, 9.17) is 42.6 Å². The van der Waals surface area contributed by atoms with E-state index in [0.29, 0.717) is 5.75 Å². The number of aliphatic carboxylic acids is 1. The fourth-order valence-electron chi connectivity index (χ4n) is 7.57. The van der Waals surface area contributed by atoms with Crippen LogP contribution in [0.25, 0.3) is 0 Å². The molecule has 0 bridgehead atoms. The van der Waals surface area contributed by atoms with Crippen molar-refractivity contribution >= 4 is 11.9 Å². The third-order valence-electron chi connectivity index (χ3n) is 11.3. The van der Waals surface area contributed by atoms with E-state index in [2.05, 4.69) is 5.32 Å². The highest BCUT2D eigenvalue weighted by Gasteiger charge is 2.57. The molecular weight excluding hydrogens is 842 g/mol. The van der Waals surface area contributed by atoms with Crippen molar-refractivity contribution in [2.75, 3.05) is 33.5 Å². The first-order chi connectivity index (χ1) is 29.3. The van der Waals surface area contributed by atoms with Gasteiger partial charge >= 0.3 is 5.97 Å². The highest BCUT2D eigenvalue weighted by Crippen LogP contribution is 2.38. The Hall–Kier alpha value is -3.00. The molecule has 0 aromatic heterocycles. The molecule has 4 aliphatic heterocycles. The molecule has 354 valence electrons. The molecule has 4 heterocycles. The maximum atomic E-state index is 12.6. The zero-order chi connectivity index (χ0) is 45.8. The summed E-state index contributed by atoms with van der Waals surface area (Å²) < 4.78 is 51.3. The van der Waals surface area contributed by atoms with Crippen LogP contribution < -0.4 is 14.8 Å². The summed E-state index contributed by atoms with van der Waals surface area (Å²) in [6.45, 7) is -1.17. The Kier molecular flexibility index (Phi) is 17.2. The summed E-state index contributed by atoms with van der Waals surface area (Å²) in [7, 11) is 1.44. The van der Waals surface area contributed by atoms with Crippen LogP contribution in [0.2, 0.25) is 0 Å². The first-order valence-corrected chi connectivity index (χ1v) is 19.7. The number of hydrogen-bond donors (Lipinski definition) is 14. The monoisotopic (exact) mass is 899 g/mol. The fourth-order valence-corrected chi connectivity index (χ4v) is 7.57. The summed E-state index contributed by atoms with van der Waals surface area (Å²) in [5.41, 5.74) is 0. The van der Waals surface area contributed by atoms with Crippen LogP contribution >= 0.6 is 0 Å². The number of methoxy groups -OCH3 is 1. The van der Waals surface area contributed by atoms with Crippen molar-refractivity contribution in [2.24, 2.45) is 5.92 Å². The highest BCUT2D eigenvalue weighted by molar-refractivity contribution is 5.76. The molecule has 0 spiro atoms. The van der Waals surface area contributed by atoms with Crippen LogP contribution in [-0.2, 0) is 42.7 Å². The predicted octanol–water partition coefficient (Wildman–Crippen LogP) is -7.03. The number of amides is 1. The van der Waals surface area contributed by atoms with Crippen LogP contribution in [0.1, 0.15) is 20.3 Å². The number of carbonyl (C=O) groups is 2. The SMILES string of the molecule is COc1ccc(O[C@H]2OC(CO)[C@@H](O)[C@H](O)C2O[C@@H]2OC(CO)[C@@H](O[C@@H]3OC(CO[C@]4(C(=O)O)C[C@@H](O)[C@@H](C)C([C@H](O)[C@H](O)CO)O4)[C@H](O)[C@H](O)C3O)[C@H](O)C2NC(C)=O)cc1. The maximum Gasteiger partial charge on any atom is 0.364 e. The number of carboxylic acid groups (broad SMARTS) is 1. The van der Waals surface area contributed by atoms with Crippen LogP contribution in [0, 0.1) is 5.92 Å². The molecule has 7 unspecified atom stereocenters. The van der Waals surface area contributed by atoms with Gasteiger partial charge in [-0.25, -0.2) is 4.79 Å². The van der Waals surface area contributed by atoms with Gasteiger partial charge < -0.3 is 114 Å². The molecule has 21 atom stereocenters. The summed E-state index contributed by atoms with van der Waals surface area (Å²) in [6, 6.07) is 4.41. The Bertz CT molecular complexity index is 1600. The van der Waals surface area contributed by atoms with Gasteiger partial charge in [0.05, 0.1) is 45.7 Å². The minimum atomic E-state index is -2.76. The first kappa shape index (κ1) is 50.0. The fraction of sp³-hybridized carbons (Fsp3) is 0.784. The molecule has 62 heavy (non-hydrogen) atoms. The number of nitrogens with one attached hydrogen (secondary N) is 1. The summed E-state index contributed by atoms with van der Waals surface area (Å²) in [4.78, 5) is 25.0. The lowest BCUT2D eigenvalue weighted by Crippen LogP contribution is -2.69. The lowest BCUT2D eigenvalue weighted by molar-refractivity contribution is -0.372. The van der Waals surface area contributed by atoms with Crippen molar-refractivity contribution in [1.82, 2.24) is 5.32 Å². The van der Waals surface area contributed by atoms with Gasteiger partial charge in [-0.3, -0.25) is 4.79 Å². The number of carboxylic acids is 1. The van der Waals surface area contributed by atoms with Gasteiger partial charge in [-0.05, 0) is 24.3 Å². The number of hydrogen-bond acceptors (Lipinski definition) is 23. The van der Waals surface area contributed by atoms with Gasteiger partial charge in [0, 0.05) is 19.3 Å². The van der Waals surface area contributed by atoms with Crippen LogP contribution in [0.15, 0.2) is 24.3 Å². The zero-order valence-corrected chi connectivity index (χ0v) is 33.7. The second-order valence-corrected chi connectivity index (χ2v) is 15.5. The Balaban J connectivity index is 1.35. The molecule has 0 saturated carbocycles. The van der Waals surface area contributed by atoms with Crippen molar-refractivity contribution in [2.45, 2.75) is 143 Å². The first-order valence-electron chi connectivity index (χ1n) is 19.7. The van der Waals surface area contributed by atoms with Gasteiger partial charge in [-0.2, -0.15) is 0 Å². The van der Waals surface area contributed by atoms with E-state index >= 15 is 0 Å². The summed E-state index contributed by atoms with van der Waals surface area (Å²) in [5, 5.41) is 140. The van der Waals surface area contributed by atoms with Gasteiger partial charge in [0.25, 0.3) is 5.79 Å². The van der Waals surface area contributed by atoms with E-state index in [1.54, 1.807) is 12.1 Å². The van der Waals surface area contributed by atoms with E-state index in [1.165, 1.54) is 26.2 Å². The Morgan fingerprint density at radius 1 is 0.774 bits per heavy atom. The second kappa shape index (κ2) is 21.3. The van der Waals surface area contributed by atoms with E-state index < -0.39 is 173 Å². The highest BCUT2D eigenvalue weighted by atomic mass is 16.8.